The third kappa shape index (κ3) is 36.2. The average Bonchev–Trinajstić information content (AvgIpc) is 3.00. The summed E-state index contributed by atoms with van der Waals surface area (Å²) in [5.74, 6) is 1.02. The summed E-state index contributed by atoms with van der Waals surface area (Å²) in [6.45, 7) is 7.06. The zero-order valence-corrected chi connectivity index (χ0v) is 30.4. The molecule has 0 nitrogen and oxygen atoms in total. The number of hydrogen-bond donors (Lipinski definition) is 0. The van der Waals surface area contributed by atoms with Gasteiger partial charge in [0.05, 0.1) is 0 Å². The summed E-state index contributed by atoms with van der Waals surface area (Å²) in [7, 11) is 0. The van der Waals surface area contributed by atoms with E-state index < -0.39 is 0 Å². The van der Waals surface area contributed by atoms with Gasteiger partial charge in [-0.05, 0) is 5.92 Å². The van der Waals surface area contributed by atoms with E-state index in [1.54, 1.807) is 0 Å². The van der Waals surface area contributed by atoms with Gasteiger partial charge in [-0.1, -0.05) is 265 Å². The van der Waals surface area contributed by atoms with Crippen LogP contribution in [0.2, 0.25) is 0 Å². The molecule has 0 spiro atoms. The first-order valence-electron chi connectivity index (χ1n) is 20.8. The molecular weight excluding hydrogens is 504 g/mol. The van der Waals surface area contributed by atoms with Gasteiger partial charge < -0.3 is 0 Å². The number of unbranched alkanes of at least 4 members (excludes halogenated alkanes) is 33. The van der Waals surface area contributed by atoms with Gasteiger partial charge in [-0.3, -0.25) is 0 Å². The smallest absolute Gasteiger partial charge is 0.0417 e. The van der Waals surface area contributed by atoms with Crippen molar-refractivity contribution in [1.29, 1.82) is 0 Å². The summed E-state index contributed by atoms with van der Waals surface area (Å²) in [5.41, 5.74) is 0. The molecule has 0 aliphatic carbocycles. The maximum absolute atomic E-state index is 2.43. The number of rotatable bonds is 38. The van der Waals surface area contributed by atoms with Gasteiger partial charge in [-0.2, -0.15) is 0 Å². The third-order valence-electron chi connectivity index (χ3n) is 10.3. The van der Waals surface area contributed by atoms with Crippen molar-refractivity contribution >= 4 is 0 Å². The molecule has 0 heteroatoms. The van der Waals surface area contributed by atoms with Gasteiger partial charge in [-0.25, -0.2) is 0 Å². The fourth-order valence-corrected chi connectivity index (χ4v) is 7.05. The van der Waals surface area contributed by atoms with Crippen LogP contribution in [-0.2, 0) is 0 Å². The van der Waals surface area contributed by atoms with Crippen LogP contribution in [0.3, 0.4) is 0 Å². The Morgan fingerprint density at radius 1 is 0.214 bits per heavy atom. The minimum atomic E-state index is 1.02. The Kier molecular flexibility index (Phi) is 39.0. The highest BCUT2D eigenvalue weighted by Crippen LogP contribution is 2.22. The van der Waals surface area contributed by atoms with Crippen LogP contribution in [0.1, 0.15) is 265 Å². The van der Waals surface area contributed by atoms with Crippen molar-refractivity contribution in [3.8, 4) is 0 Å². The predicted octanol–water partition coefficient (Wildman–Crippen LogP) is 16.5. The molecule has 0 aromatic rings. The van der Waals surface area contributed by atoms with Crippen LogP contribution in [0.5, 0.6) is 0 Å². The largest absolute Gasteiger partial charge is 0.0654 e. The highest BCUT2D eigenvalue weighted by Gasteiger charge is 2.06. The monoisotopic (exact) mass is 591 g/mol. The van der Waals surface area contributed by atoms with E-state index in [-0.39, 0.29) is 0 Å². The van der Waals surface area contributed by atoms with Crippen molar-refractivity contribution < 1.29 is 0 Å². The Morgan fingerprint density at radius 3 is 0.548 bits per heavy atom. The Bertz CT molecular complexity index is 439. The average molecular weight is 591 g/mol. The molecule has 0 saturated heterocycles. The zero-order chi connectivity index (χ0) is 30.4. The molecule has 0 N–H and O–H groups in total. The van der Waals surface area contributed by atoms with E-state index in [1.807, 2.05) is 0 Å². The molecule has 0 amide bonds. The molecule has 0 aromatic carbocycles. The van der Waals surface area contributed by atoms with Crippen molar-refractivity contribution in [3.05, 3.63) is 0 Å². The molecule has 0 fully saturated rings. The molecule has 0 radical (unpaired) electrons. The molecule has 1 atom stereocenters. The van der Waals surface area contributed by atoms with Crippen molar-refractivity contribution in [1.82, 2.24) is 0 Å². The lowest BCUT2D eigenvalue weighted by Gasteiger charge is -2.14. The maximum atomic E-state index is 2.43. The predicted molar refractivity (Wildman–Crippen MR) is 196 cm³/mol. The first-order chi connectivity index (χ1) is 20.8. The van der Waals surface area contributed by atoms with E-state index in [2.05, 4.69) is 20.8 Å². The van der Waals surface area contributed by atoms with Gasteiger partial charge in [0.1, 0.15) is 0 Å². The Hall–Kier alpha value is 0. The summed E-state index contributed by atoms with van der Waals surface area (Å²) < 4.78 is 0. The van der Waals surface area contributed by atoms with E-state index in [0.717, 1.165) is 5.92 Å². The third-order valence-corrected chi connectivity index (χ3v) is 10.3. The Balaban J connectivity index is 3.22. The van der Waals surface area contributed by atoms with Crippen molar-refractivity contribution in [3.63, 3.8) is 0 Å². The van der Waals surface area contributed by atoms with Crippen LogP contribution >= 0.6 is 0 Å². The van der Waals surface area contributed by atoms with Gasteiger partial charge >= 0.3 is 0 Å². The molecule has 0 aliphatic heterocycles. The normalized spacial score (nSPS) is 12.4. The molecule has 0 bridgehead atoms. The van der Waals surface area contributed by atoms with Crippen LogP contribution < -0.4 is 0 Å². The van der Waals surface area contributed by atoms with E-state index in [9.17, 15) is 0 Å². The standard InChI is InChI=1S/C42H86/c1-4-7-9-11-13-15-17-19-20-21-22-23-24-25-26-27-28-29-31-33-35-37-39-41-42(6-3)40-38-36-34-32-30-18-16-14-12-10-8-5-2/h42H,4-41H2,1-3H3. The lowest BCUT2D eigenvalue weighted by molar-refractivity contribution is 0.392. The molecular formula is C42H86. The van der Waals surface area contributed by atoms with Crippen LogP contribution in [0, 0.1) is 5.92 Å². The van der Waals surface area contributed by atoms with Crippen LogP contribution in [-0.4, -0.2) is 0 Å². The van der Waals surface area contributed by atoms with Crippen LogP contribution in [0.4, 0.5) is 0 Å². The van der Waals surface area contributed by atoms with Gasteiger partial charge in [0.2, 0.25) is 0 Å². The van der Waals surface area contributed by atoms with Crippen LogP contribution in [0.15, 0.2) is 0 Å². The summed E-state index contributed by atoms with van der Waals surface area (Å²) in [6.07, 6.45) is 56.3. The van der Waals surface area contributed by atoms with Crippen molar-refractivity contribution in [2.24, 2.45) is 5.92 Å². The number of hydrogen-bond acceptors (Lipinski definition) is 0. The SMILES string of the molecule is CCCCCCCCCCCCCCCCCCCCCCCCCC(CC)CCCCCCCCCCCCCC. The first kappa shape index (κ1) is 42.0. The molecule has 254 valence electrons. The lowest BCUT2D eigenvalue weighted by Crippen LogP contribution is -1.99. The lowest BCUT2D eigenvalue weighted by atomic mass is 9.92. The van der Waals surface area contributed by atoms with E-state index in [4.69, 9.17) is 0 Å². The van der Waals surface area contributed by atoms with E-state index in [1.165, 1.54) is 244 Å². The summed E-state index contributed by atoms with van der Waals surface area (Å²) in [4.78, 5) is 0. The molecule has 42 heavy (non-hydrogen) atoms. The fraction of sp³-hybridized carbons (Fsp3) is 1.00. The minimum Gasteiger partial charge on any atom is -0.0654 e. The highest BCUT2D eigenvalue weighted by atomic mass is 14.1. The Labute approximate surface area is 270 Å². The summed E-state index contributed by atoms with van der Waals surface area (Å²) >= 11 is 0. The first-order valence-corrected chi connectivity index (χ1v) is 20.8. The Morgan fingerprint density at radius 2 is 0.381 bits per heavy atom. The van der Waals surface area contributed by atoms with Gasteiger partial charge in [-0.15, -0.1) is 0 Å². The fourth-order valence-electron chi connectivity index (χ4n) is 7.05. The molecule has 1 unspecified atom stereocenters. The van der Waals surface area contributed by atoms with Crippen molar-refractivity contribution in [2.45, 2.75) is 265 Å². The topological polar surface area (TPSA) is 0 Å². The highest BCUT2D eigenvalue weighted by molar-refractivity contribution is 4.60. The summed E-state index contributed by atoms with van der Waals surface area (Å²) in [6, 6.07) is 0. The molecule has 0 aromatic heterocycles. The molecule has 0 heterocycles. The van der Waals surface area contributed by atoms with Crippen molar-refractivity contribution in [2.75, 3.05) is 0 Å². The minimum absolute atomic E-state index is 1.02. The molecule has 0 aliphatic rings. The van der Waals surface area contributed by atoms with E-state index in [0.29, 0.717) is 0 Å². The van der Waals surface area contributed by atoms with E-state index >= 15 is 0 Å². The zero-order valence-electron chi connectivity index (χ0n) is 30.4. The maximum Gasteiger partial charge on any atom is -0.0417 e. The molecule has 0 rings (SSSR count). The van der Waals surface area contributed by atoms with Gasteiger partial charge in [0.15, 0.2) is 0 Å². The molecule has 0 saturated carbocycles. The van der Waals surface area contributed by atoms with Gasteiger partial charge in [0, 0.05) is 0 Å². The van der Waals surface area contributed by atoms with Gasteiger partial charge in [0.25, 0.3) is 0 Å². The quantitative estimate of drug-likeness (QED) is 0.0627. The second kappa shape index (κ2) is 39.0. The second-order valence-electron chi connectivity index (χ2n) is 14.5. The summed E-state index contributed by atoms with van der Waals surface area (Å²) in [5, 5.41) is 0. The van der Waals surface area contributed by atoms with Crippen LogP contribution in [0.25, 0.3) is 0 Å². The second-order valence-corrected chi connectivity index (χ2v) is 14.5.